The highest BCUT2D eigenvalue weighted by Crippen LogP contribution is 2.50. The summed E-state index contributed by atoms with van der Waals surface area (Å²) in [6.07, 6.45) is -0.841. The molecule has 2 aromatic rings. The van der Waals surface area contributed by atoms with Crippen molar-refractivity contribution in [2.75, 3.05) is 7.11 Å². The van der Waals surface area contributed by atoms with Gasteiger partial charge in [0.05, 0.1) is 7.11 Å². The summed E-state index contributed by atoms with van der Waals surface area (Å²) in [6, 6.07) is 5.02. The molecule has 2 aliphatic rings. The second kappa shape index (κ2) is 7.13. The molecule has 2 fully saturated rings. The second-order valence-corrected chi connectivity index (χ2v) is 7.13. The first kappa shape index (κ1) is 19.4. The van der Waals surface area contributed by atoms with E-state index in [9.17, 15) is 23.1 Å². The number of hydrogen-bond donors (Lipinski definition) is 1. The van der Waals surface area contributed by atoms with Crippen molar-refractivity contribution in [3.05, 3.63) is 41.2 Å². The van der Waals surface area contributed by atoms with Crippen molar-refractivity contribution >= 4 is 5.97 Å². The standard InChI is InChI=1S/C20H18F3NO5/c1-27-15-8-12(29-20(21,22)23)6-7-14(15)28-16-9-13(10-2-3-10)17(11-4-5-11)24-18(16)19(25)26/h6-11H,2-5H2,1H3,(H,25,26). The fraction of sp³-hybridized carbons (Fsp3) is 0.400. The number of pyridine rings is 1. The topological polar surface area (TPSA) is 77.9 Å². The van der Waals surface area contributed by atoms with Crippen molar-refractivity contribution in [1.82, 2.24) is 4.98 Å². The Morgan fingerprint density at radius 2 is 1.76 bits per heavy atom. The van der Waals surface area contributed by atoms with Gasteiger partial charge in [0.15, 0.2) is 22.9 Å². The Balaban J connectivity index is 1.70. The molecular formula is C20H18F3NO5. The van der Waals surface area contributed by atoms with Crippen LogP contribution in [0.15, 0.2) is 24.3 Å². The molecule has 0 spiro atoms. The van der Waals surface area contributed by atoms with E-state index < -0.39 is 18.1 Å². The number of alkyl halides is 3. The molecule has 2 aliphatic carbocycles. The predicted molar refractivity (Wildman–Crippen MR) is 94.9 cm³/mol. The molecule has 0 atom stereocenters. The smallest absolute Gasteiger partial charge is 0.493 e. The van der Waals surface area contributed by atoms with Crippen LogP contribution in [0.3, 0.4) is 0 Å². The van der Waals surface area contributed by atoms with Gasteiger partial charge < -0.3 is 19.3 Å². The van der Waals surface area contributed by atoms with Gasteiger partial charge in [0.1, 0.15) is 5.75 Å². The molecule has 1 aromatic heterocycles. The van der Waals surface area contributed by atoms with Gasteiger partial charge in [-0.05, 0) is 55.4 Å². The lowest BCUT2D eigenvalue weighted by Crippen LogP contribution is -2.17. The Hall–Kier alpha value is -2.97. The zero-order valence-electron chi connectivity index (χ0n) is 15.5. The van der Waals surface area contributed by atoms with E-state index in [4.69, 9.17) is 9.47 Å². The van der Waals surface area contributed by atoms with Gasteiger partial charge in [-0.3, -0.25) is 0 Å². The van der Waals surface area contributed by atoms with E-state index in [1.807, 2.05) is 0 Å². The summed E-state index contributed by atoms with van der Waals surface area (Å²) >= 11 is 0. The first-order valence-electron chi connectivity index (χ1n) is 9.15. The maximum absolute atomic E-state index is 12.4. The summed E-state index contributed by atoms with van der Waals surface area (Å²) in [5.74, 6) is -1.01. The number of rotatable bonds is 7. The molecule has 1 heterocycles. The monoisotopic (exact) mass is 409 g/mol. The lowest BCUT2D eigenvalue weighted by molar-refractivity contribution is -0.274. The molecule has 1 aromatic carbocycles. The van der Waals surface area contributed by atoms with Gasteiger partial charge >= 0.3 is 12.3 Å². The third-order valence-corrected chi connectivity index (χ3v) is 4.82. The summed E-state index contributed by atoms with van der Waals surface area (Å²) in [6.45, 7) is 0. The molecule has 29 heavy (non-hydrogen) atoms. The van der Waals surface area contributed by atoms with E-state index in [0.29, 0.717) is 5.92 Å². The first-order chi connectivity index (χ1) is 13.7. The highest BCUT2D eigenvalue weighted by Gasteiger charge is 2.36. The normalized spacial score (nSPS) is 16.4. The van der Waals surface area contributed by atoms with Crippen LogP contribution in [0.5, 0.6) is 23.0 Å². The summed E-state index contributed by atoms with van der Waals surface area (Å²) in [5.41, 5.74) is 1.58. The van der Waals surface area contributed by atoms with Crippen LogP contribution in [0.2, 0.25) is 0 Å². The van der Waals surface area contributed by atoms with Gasteiger partial charge in [-0.1, -0.05) is 0 Å². The zero-order valence-corrected chi connectivity index (χ0v) is 15.5. The third-order valence-electron chi connectivity index (χ3n) is 4.82. The molecule has 0 aliphatic heterocycles. The van der Waals surface area contributed by atoms with Crippen molar-refractivity contribution in [2.24, 2.45) is 0 Å². The fourth-order valence-corrected chi connectivity index (χ4v) is 3.21. The number of aromatic carboxylic acids is 1. The number of nitrogens with zero attached hydrogens (tertiary/aromatic N) is 1. The number of carbonyl (C=O) groups is 1. The average molecular weight is 409 g/mol. The maximum Gasteiger partial charge on any atom is 0.573 e. The molecule has 0 radical (unpaired) electrons. The van der Waals surface area contributed by atoms with Gasteiger partial charge in [-0.25, -0.2) is 9.78 Å². The molecule has 0 amide bonds. The van der Waals surface area contributed by atoms with Crippen LogP contribution in [0.1, 0.15) is 59.3 Å². The van der Waals surface area contributed by atoms with Crippen LogP contribution in [-0.4, -0.2) is 29.5 Å². The highest BCUT2D eigenvalue weighted by atomic mass is 19.4. The average Bonchev–Trinajstić information content (AvgIpc) is 3.54. The molecule has 1 N–H and O–H groups in total. The Morgan fingerprint density at radius 1 is 1.07 bits per heavy atom. The van der Waals surface area contributed by atoms with E-state index >= 15 is 0 Å². The number of ether oxygens (including phenoxy) is 3. The van der Waals surface area contributed by atoms with Crippen LogP contribution in [0.4, 0.5) is 13.2 Å². The van der Waals surface area contributed by atoms with Crippen molar-refractivity contribution in [2.45, 2.75) is 43.9 Å². The number of hydrogen-bond acceptors (Lipinski definition) is 5. The Labute approximate surface area is 164 Å². The molecule has 2 saturated carbocycles. The molecule has 4 rings (SSSR count). The SMILES string of the molecule is COc1cc(OC(F)(F)F)ccc1Oc1cc(C2CC2)c(C2CC2)nc1C(=O)O. The van der Waals surface area contributed by atoms with Gasteiger partial charge in [0, 0.05) is 17.7 Å². The second-order valence-electron chi connectivity index (χ2n) is 7.13. The lowest BCUT2D eigenvalue weighted by atomic mass is 10.0. The fourth-order valence-electron chi connectivity index (χ4n) is 3.21. The van der Waals surface area contributed by atoms with E-state index in [0.717, 1.165) is 49.1 Å². The number of methoxy groups -OCH3 is 1. The molecular weight excluding hydrogens is 391 g/mol. The minimum Gasteiger partial charge on any atom is -0.493 e. The first-order valence-corrected chi connectivity index (χ1v) is 9.15. The number of aromatic nitrogens is 1. The Morgan fingerprint density at radius 3 is 2.31 bits per heavy atom. The van der Waals surface area contributed by atoms with Crippen LogP contribution in [0.25, 0.3) is 0 Å². The van der Waals surface area contributed by atoms with Crippen molar-refractivity contribution < 1.29 is 37.3 Å². The molecule has 0 saturated heterocycles. The van der Waals surface area contributed by atoms with Gasteiger partial charge in [0.2, 0.25) is 0 Å². The molecule has 154 valence electrons. The van der Waals surface area contributed by atoms with Crippen molar-refractivity contribution in [1.29, 1.82) is 0 Å². The minimum absolute atomic E-state index is 0.0256. The minimum atomic E-state index is -4.84. The largest absolute Gasteiger partial charge is 0.573 e. The Kier molecular flexibility index (Phi) is 4.76. The zero-order chi connectivity index (χ0) is 20.8. The third kappa shape index (κ3) is 4.38. The summed E-state index contributed by atoms with van der Waals surface area (Å²) < 4.78 is 52.0. The molecule has 0 unspecified atom stereocenters. The molecule has 0 bridgehead atoms. The van der Waals surface area contributed by atoms with Crippen LogP contribution >= 0.6 is 0 Å². The molecule has 9 heteroatoms. The summed E-state index contributed by atoms with van der Waals surface area (Å²) in [4.78, 5) is 16.1. The highest BCUT2D eigenvalue weighted by molar-refractivity contribution is 5.89. The Bertz CT molecular complexity index is 952. The van der Waals surface area contributed by atoms with Crippen LogP contribution < -0.4 is 14.2 Å². The number of carboxylic acid groups (broad SMARTS) is 1. The van der Waals surface area contributed by atoms with Crippen LogP contribution in [-0.2, 0) is 0 Å². The van der Waals surface area contributed by atoms with E-state index in [1.54, 1.807) is 6.07 Å². The van der Waals surface area contributed by atoms with Crippen molar-refractivity contribution in [3.8, 4) is 23.0 Å². The van der Waals surface area contributed by atoms with E-state index in [2.05, 4.69) is 9.72 Å². The lowest BCUT2D eigenvalue weighted by Gasteiger charge is -2.16. The number of halogens is 3. The van der Waals surface area contributed by atoms with E-state index in [-0.39, 0.29) is 28.9 Å². The van der Waals surface area contributed by atoms with Crippen LogP contribution in [0, 0.1) is 0 Å². The van der Waals surface area contributed by atoms with Gasteiger partial charge in [0.25, 0.3) is 0 Å². The van der Waals surface area contributed by atoms with Gasteiger partial charge in [-0.15, -0.1) is 13.2 Å². The quantitative estimate of drug-likeness (QED) is 0.674. The van der Waals surface area contributed by atoms with Gasteiger partial charge in [-0.2, -0.15) is 0 Å². The van der Waals surface area contributed by atoms with E-state index in [1.165, 1.54) is 13.2 Å². The van der Waals surface area contributed by atoms with Crippen molar-refractivity contribution in [3.63, 3.8) is 0 Å². The number of benzene rings is 1. The maximum atomic E-state index is 12.4. The predicted octanol–water partition coefficient (Wildman–Crippen LogP) is 5.23. The molecule has 6 nitrogen and oxygen atoms in total. The number of carboxylic acids is 1. The summed E-state index contributed by atoms with van der Waals surface area (Å²) in [7, 11) is 1.27. The summed E-state index contributed by atoms with van der Waals surface area (Å²) in [5, 5.41) is 9.59.